The standard InChI is InChI=1S/C14H11FN2O/c1-9-2-3-10(8-16)6-14(9)18-13-5-4-11(17)7-12(13)15/h2-7H,17H2,1H3. The molecule has 90 valence electrons. The van der Waals surface area contributed by atoms with E-state index in [0.29, 0.717) is 17.0 Å². The van der Waals surface area contributed by atoms with Crippen LogP contribution in [-0.2, 0) is 0 Å². The van der Waals surface area contributed by atoms with Gasteiger partial charge >= 0.3 is 0 Å². The van der Waals surface area contributed by atoms with Gasteiger partial charge < -0.3 is 10.5 Å². The van der Waals surface area contributed by atoms with Crippen LogP contribution in [0.4, 0.5) is 10.1 Å². The predicted molar refractivity (Wildman–Crippen MR) is 66.8 cm³/mol. The van der Waals surface area contributed by atoms with Crippen LogP contribution in [0.2, 0.25) is 0 Å². The van der Waals surface area contributed by atoms with Crippen molar-refractivity contribution in [2.24, 2.45) is 0 Å². The van der Waals surface area contributed by atoms with Gasteiger partial charge in [-0.2, -0.15) is 5.26 Å². The highest BCUT2D eigenvalue weighted by Gasteiger charge is 2.08. The maximum Gasteiger partial charge on any atom is 0.167 e. The fourth-order valence-corrected chi connectivity index (χ4v) is 1.50. The maximum absolute atomic E-state index is 13.6. The summed E-state index contributed by atoms with van der Waals surface area (Å²) < 4.78 is 19.0. The van der Waals surface area contributed by atoms with Crippen molar-refractivity contribution < 1.29 is 9.13 Å². The van der Waals surface area contributed by atoms with Crippen LogP contribution in [0.5, 0.6) is 11.5 Å². The summed E-state index contributed by atoms with van der Waals surface area (Å²) in [6.45, 7) is 1.83. The second-order valence-corrected chi connectivity index (χ2v) is 3.88. The molecule has 0 amide bonds. The van der Waals surface area contributed by atoms with Gasteiger partial charge in [0.25, 0.3) is 0 Å². The Morgan fingerprint density at radius 3 is 2.61 bits per heavy atom. The van der Waals surface area contributed by atoms with Crippen LogP contribution in [0.1, 0.15) is 11.1 Å². The molecule has 0 atom stereocenters. The normalized spacial score (nSPS) is 9.83. The molecular weight excluding hydrogens is 231 g/mol. The minimum Gasteiger partial charge on any atom is -0.454 e. The second kappa shape index (κ2) is 4.76. The van der Waals surface area contributed by atoms with Crippen LogP contribution in [-0.4, -0.2) is 0 Å². The van der Waals surface area contributed by atoms with E-state index < -0.39 is 5.82 Å². The molecule has 0 fully saturated rings. The summed E-state index contributed by atoms with van der Waals surface area (Å²) in [5.41, 5.74) is 7.08. The first-order valence-electron chi connectivity index (χ1n) is 5.34. The number of halogens is 1. The van der Waals surface area contributed by atoms with E-state index in [9.17, 15) is 4.39 Å². The number of anilines is 1. The molecule has 0 aliphatic carbocycles. The minimum atomic E-state index is -0.531. The van der Waals surface area contributed by atoms with Crippen molar-refractivity contribution >= 4 is 5.69 Å². The van der Waals surface area contributed by atoms with Crippen LogP contribution < -0.4 is 10.5 Å². The third kappa shape index (κ3) is 2.41. The van der Waals surface area contributed by atoms with Gasteiger partial charge in [0.05, 0.1) is 11.6 Å². The van der Waals surface area contributed by atoms with E-state index >= 15 is 0 Å². The molecule has 0 radical (unpaired) electrons. The predicted octanol–water partition coefficient (Wildman–Crippen LogP) is 3.38. The molecule has 18 heavy (non-hydrogen) atoms. The summed E-state index contributed by atoms with van der Waals surface area (Å²) in [5, 5.41) is 8.81. The van der Waals surface area contributed by atoms with E-state index in [1.54, 1.807) is 24.3 Å². The van der Waals surface area contributed by atoms with Gasteiger partial charge in [0.2, 0.25) is 0 Å². The van der Waals surface area contributed by atoms with Gasteiger partial charge in [0.1, 0.15) is 5.75 Å². The van der Waals surface area contributed by atoms with Crippen LogP contribution in [0.3, 0.4) is 0 Å². The van der Waals surface area contributed by atoms with Gasteiger partial charge in [-0.25, -0.2) is 4.39 Å². The number of aryl methyl sites for hydroxylation is 1. The quantitative estimate of drug-likeness (QED) is 0.821. The lowest BCUT2D eigenvalue weighted by Crippen LogP contribution is -1.93. The third-order valence-electron chi connectivity index (χ3n) is 2.49. The molecule has 2 aromatic rings. The number of benzene rings is 2. The monoisotopic (exact) mass is 242 g/mol. The summed E-state index contributed by atoms with van der Waals surface area (Å²) in [6.07, 6.45) is 0. The van der Waals surface area contributed by atoms with Crippen LogP contribution >= 0.6 is 0 Å². The molecule has 0 aliphatic heterocycles. The minimum absolute atomic E-state index is 0.0855. The Morgan fingerprint density at radius 1 is 1.17 bits per heavy atom. The molecule has 3 nitrogen and oxygen atoms in total. The van der Waals surface area contributed by atoms with Crippen LogP contribution in [0, 0.1) is 24.1 Å². The third-order valence-corrected chi connectivity index (χ3v) is 2.49. The number of hydrogen-bond donors (Lipinski definition) is 1. The summed E-state index contributed by atoms with van der Waals surface area (Å²) >= 11 is 0. The fourth-order valence-electron chi connectivity index (χ4n) is 1.50. The Balaban J connectivity index is 2.37. The lowest BCUT2D eigenvalue weighted by molar-refractivity contribution is 0.440. The number of nitrogens with two attached hydrogens (primary N) is 1. The first kappa shape index (κ1) is 11.9. The number of nitrogen functional groups attached to an aromatic ring is 1. The summed E-state index contributed by atoms with van der Waals surface area (Å²) in [6, 6.07) is 11.2. The Kier molecular flexibility index (Phi) is 3.16. The smallest absolute Gasteiger partial charge is 0.167 e. The van der Waals surface area contributed by atoms with Crippen LogP contribution in [0.25, 0.3) is 0 Å². The average molecular weight is 242 g/mol. The maximum atomic E-state index is 13.6. The van der Waals surface area contributed by atoms with Gasteiger partial charge in [-0.3, -0.25) is 0 Å². The van der Waals surface area contributed by atoms with Crippen molar-refractivity contribution in [3.8, 4) is 17.6 Å². The summed E-state index contributed by atoms with van der Waals surface area (Å²) in [4.78, 5) is 0. The highest BCUT2D eigenvalue weighted by Crippen LogP contribution is 2.28. The SMILES string of the molecule is Cc1ccc(C#N)cc1Oc1ccc(N)cc1F. The number of ether oxygens (including phenoxy) is 1. The molecule has 0 saturated heterocycles. The fraction of sp³-hybridized carbons (Fsp3) is 0.0714. The number of nitrogens with zero attached hydrogens (tertiary/aromatic N) is 1. The first-order valence-corrected chi connectivity index (χ1v) is 5.34. The first-order chi connectivity index (χ1) is 8.60. The number of hydrogen-bond acceptors (Lipinski definition) is 3. The molecule has 0 unspecified atom stereocenters. The Morgan fingerprint density at radius 2 is 1.94 bits per heavy atom. The molecule has 4 heteroatoms. The van der Waals surface area contributed by atoms with E-state index in [2.05, 4.69) is 0 Å². The Labute approximate surface area is 104 Å². The highest BCUT2D eigenvalue weighted by atomic mass is 19.1. The molecule has 2 aromatic carbocycles. The molecule has 0 spiro atoms. The molecular formula is C14H11FN2O. The lowest BCUT2D eigenvalue weighted by atomic mass is 10.1. The van der Waals surface area contributed by atoms with Gasteiger partial charge in [0, 0.05) is 11.8 Å². The largest absolute Gasteiger partial charge is 0.454 e. The Hall–Kier alpha value is -2.54. The zero-order chi connectivity index (χ0) is 13.1. The van der Waals surface area contributed by atoms with Crippen molar-refractivity contribution in [3.63, 3.8) is 0 Å². The van der Waals surface area contributed by atoms with Gasteiger partial charge in [-0.1, -0.05) is 6.07 Å². The highest BCUT2D eigenvalue weighted by molar-refractivity contribution is 5.47. The van der Waals surface area contributed by atoms with Gasteiger partial charge in [-0.05, 0) is 36.8 Å². The average Bonchev–Trinajstić information content (AvgIpc) is 2.35. The zero-order valence-electron chi connectivity index (χ0n) is 9.77. The molecule has 2 rings (SSSR count). The molecule has 0 aliphatic rings. The van der Waals surface area contributed by atoms with E-state index in [0.717, 1.165) is 5.56 Å². The number of nitriles is 1. The second-order valence-electron chi connectivity index (χ2n) is 3.88. The molecule has 0 bridgehead atoms. The van der Waals surface area contributed by atoms with Crippen LogP contribution in [0.15, 0.2) is 36.4 Å². The molecule has 0 heterocycles. The lowest BCUT2D eigenvalue weighted by Gasteiger charge is -2.10. The van der Waals surface area contributed by atoms with Gasteiger partial charge in [0.15, 0.2) is 11.6 Å². The van der Waals surface area contributed by atoms with E-state index in [1.165, 1.54) is 12.1 Å². The van der Waals surface area contributed by atoms with Crippen molar-refractivity contribution in [2.75, 3.05) is 5.73 Å². The van der Waals surface area contributed by atoms with E-state index in [4.69, 9.17) is 15.7 Å². The molecule has 0 aromatic heterocycles. The van der Waals surface area contributed by atoms with E-state index in [1.807, 2.05) is 13.0 Å². The summed E-state index contributed by atoms with van der Waals surface area (Å²) in [5.74, 6) is 0.0110. The molecule has 2 N–H and O–H groups in total. The number of rotatable bonds is 2. The van der Waals surface area contributed by atoms with Crippen molar-refractivity contribution in [2.45, 2.75) is 6.92 Å². The zero-order valence-corrected chi connectivity index (χ0v) is 9.77. The van der Waals surface area contributed by atoms with Crippen molar-refractivity contribution in [3.05, 3.63) is 53.3 Å². The molecule has 0 saturated carbocycles. The van der Waals surface area contributed by atoms with Gasteiger partial charge in [-0.15, -0.1) is 0 Å². The van der Waals surface area contributed by atoms with Crippen molar-refractivity contribution in [1.29, 1.82) is 5.26 Å². The van der Waals surface area contributed by atoms with E-state index in [-0.39, 0.29) is 5.75 Å². The topological polar surface area (TPSA) is 59.0 Å². The summed E-state index contributed by atoms with van der Waals surface area (Å²) in [7, 11) is 0. The van der Waals surface area contributed by atoms with Crippen molar-refractivity contribution in [1.82, 2.24) is 0 Å². The Bertz CT molecular complexity index is 632.